The molecule has 10 heavy (non-hydrogen) atoms. The normalized spacial score (nSPS) is 18.4. The van der Waals surface area contributed by atoms with Crippen molar-refractivity contribution in [1.82, 2.24) is 0 Å². The van der Waals surface area contributed by atoms with Crippen LogP contribution in [-0.4, -0.2) is 0 Å². The minimum atomic E-state index is 1.32. The SMILES string of the molecule is C(=C\c1cccs1)/[C]1CC1. The molecule has 51 valence electrons. The molecule has 1 aliphatic carbocycles. The standard InChI is InChI=1S/C9H9S/c1-2-9(10-7-1)6-5-8-3-4-8/h1-2,5-7H,3-4H2/b6-5+. The summed E-state index contributed by atoms with van der Waals surface area (Å²) in [6.45, 7) is 0. The largest absolute Gasteiger partial charge is 0.144 e. The molecule has 0 N–H and O–H groups in total. The van der Waals surface area contributed by atoms with Gasteiger partial charge in [0.05, 0.1) is 0 Å². The van der Waals surface area contributed by atoms with Crippen molar-refractivity contribution in [3.05, 3.63) is 34.4 Å². The van der Waals surface area contributed by atoms with Gasteiger partial charge in [0.25, 0.3) is 0 Å². The Morgan fingerprint density at radius 2 is 2.20 bits per heavy atom. The molecule has 0 nitrogen and oxygen atoms in total. The fourth-order valence-electron chi connectivity index (χ4n) is 0.825. The lowest BCUT2D eigenvalue weighted by molar-refractivity contribution is 1.50. The lowest BCUT2D eigenvalue weighted by Gasteiger charge is -1.80. The molecule has 0 bridgehead atoms. The average molecular weight is 149 g/mol. The second-order valence-corrected chi connectivity index (χ2v) is 3.49. The fraction of sp³-hybridized carbons (Fsp3) is 0.222. The van der Waals surface area contributed by atoms with Crippen LogP contribution in [0.3, 0.4) is 0 Å². The summed E-state index contributed by atoms with van der Waals surface area (Å²) in [6.07, 6.45) is 7.09. The molecule has 1 heteroatoms. The molecule has 1 fully saturated rings. The Labute approximate surface area is 65.2 Å². The molecule has 1 aromatic heterocycles. The quantitative estimate of drug-likeness (QED) is 0.606. The highest BCUT2D eigenvalue weighted by Crippen LogP contribution is 2.33. The van der Waals surface area contributed by atoms with Crippen molar-refractivity contribution in [3.8, 4) is 0 Å². The fourth-order valence-corrected chi connectivity index (χ4v) is 1.44. The number of allylic oxidation sites excluding steroid dienone is 1. The van der Waals surface area contributed by atoms with Gasteiger partial charge in [-0.3, -0.25) is 0 Å². The molecule has 1 aromatic rings. The van der Waals surface area contributed by atoms with Gasteiger partial charge in [-0.25, -0.2) is 0 Å². The van der Waals surface area contributed by atoms with Gasteiger partial charge in [0.15, 0.2) is 0 Å². The van der Waals surface area contributed by atoms with E-state index in [2.05, 4.69) is 29.7 Å². The number of hydrogen-bond donors (Lipinski definition) is 0. The molecule has 2 rings (SSSR count). The molecular weight excluding hydrogens is 140 g/mol. The topological polar surface area (TPSA) is 0 Å². The van der Waals surface area contributed by atoms with Crippen molar-refractivity contribution in [2.75, 3.05) is 0 Å². The highest BCUT2D eigenvalue weighted by atomic mass is 32.1. The molecular formula is C9H9S. The van der Waals surface area contributed by atoms with Crippen LogP contribution in [0.25, 0.3) is 6.08 Å². The van der Waals surface area contributed by atoms with Gasteiger partial charge in [-0.1, -0.05) is 12.1 Å². The summed E-state index contributed by atoms with van der Waals surface area (Å²) < 4.78 is 0. The van der Waals surface area contributed by atoms with Crippen LogP contribution in [0.15, 0.2) is 23.6 Å². The van der Waals surface area contributed by atoms with Gasteiger partial charge in [-0.05, 0) is 36.3 Å². The third-order valence-corrected chi connectivity index (χ3v) is 2.40. The van der Waals surface area contributed by atoms with Crippen LogP contribution in [0.1, 0.15) is 17.7 Å². The summed E-state index contributed by atoms with van der Waals surface area (Å²) in [5.74, 6) is 1.59. The van der Waals surface area contributed by atoms with Gasteiger partial charge < -0.3 is 0 Å². The maximum atomic E-state index is 2.24. The van der Waals surface area contributed by atoms with Gasteiger partial charge in [0.1, 0.15) is 0 Å². The molecule has 0 aromatic carbocycles. The van der Waals surface area contributed by atoms with E-state index in [1.807, 2.05) is 0 Å². The molecule has 1 radical (unpaired) electrons. The third kappa shape index (κ3) is 1.48. The minimum Gasteiger partial charge on any atom is -0.144 e. The Kier molecular flexibility index (Phi) is 1.60. The zero-order valence-electron chi connectivity index (χ0n) is 5.71. The van der Waals surface area contributed by atoms with Crippen LogP contribution in [0.5, 0.6) is 0 Å². The Hall–Kier alpha value is -0.560. The highest BCUT2D eigenvalue weighted by Gasteiger charge is 2.17. The first-order chi connectivity index (χ1) is 4.95. The van der Waals surface area contributed by atoms with E-state index < -0.39 is 0 Å². The summed E-state index contributed by atoms with van der Waals surface area (Å²) in [4.78, 5) is 1.36. The first kappa shape index (κ1) is 6.17. The molecule has 0 unspecified atom stereocenters. The summed E-state index contributed by atoms with van der Waals surface area (Å²) >= 11 is 1.79. The minimum absolute atomic E-state index is 1.32. The molecule has 1 saturated carbocycles. The van der Waals surface area contributed by atoms with Crippen molar-refractivity contribution in [3.63, 3.8) is 0 Å². The van der Waals surface area contributed by atoms with Gasteiger partial charge in [-0.2, -0.15) is 0 Å². The number of thiophene rings is 1. The first-order valence-corrected chi connectivity index (χ1v) is 4.39. The summed E-state index contributed by atoms with van der Waals surface area (Å²) in [7, 11) is 0. The monoisotopic (exact) mass is 149 g/mol. The summed E-state index contributed by atoms with van der Waals surface area (Å²) in [5.41, 5.74) is 0. The van der Waals surface area contributed by atoms with E-state index in [-0.39, 0.29) is 0 Å². The maximum absolute atomic E-state index is 2.24. The Morgan fingerprint density at radius 1 is 1.30 bits per heavy atom. The second kappa shape index (κ2) is 2.59. The van der Waals surface area contributed by atoms with E-state index in [0.717, 1.165) is 0 Å². The Balaban J connectivity index is 2.01. The van der Waals surface area contributed by atoms with E-state index in [9.17, 15) is 0 Å². The average Bonchev–Trinajstić information content (AvgIpc) is 2.63. The highest BCUT2D eigenvalue weighted by molar-refractivity contribution is 7.10. The maximum Gasteiger partial charge on any atom is 0.0267 e. The number of hydrogen-bond acceptors (Lipinski definition) is 1. The summed E-state index contributed by atoms with van der Waals surface area (Å²) in [5, 5.41) is 2.11. The molecule has 0 aliphatic heterocycles. The van der Waals surface area contributed by atoms with Crippen molar-refractivity contribution in [2.24, 2.45) is 0 Å². The number of rotatable bonds is 2. The van der Waals surface area contributed by atoms with E-state index in [0.29, 0.717) is 0 Å². The summed E-state index contributed by atoms with van der Waals surface area (Å²) in [6, 6.07) is 4.23. The van der Waals surface area contributed by atoms with Crippen LogP contribution < -0.4 is 0 Å². The van der Waals surface area contributed by atoms with E-state index >= 15 is 0 Å². The zero-order chi connectivity index (χ0) is 6.81. The predicted molar refractivity (Wildman–Crippen MR) is 45.8 cm³/mol. The van der Waals surface area contributed by atoms with E-state index in [4.69, 9.17) is 0 Å². The van der Waals surface area contributed by atoms with Crippen LogP contribution in [0.4, 0.5) is 0 Å². The van der Waals surface area contributed by atoms with E-state index in [1.165, 1.54) is 17.7 Å². The Morgan fingerprint density at radius 3 is 2.80 bits per heavy atom. The molecule has 0 saturated heterocycles. The molecule has 0 atom stereocenters. The van der Waals surface area contributed by atoms with Gasteiger partial charge in [0, 0.05) is 4.88 Å². The van der Waals surface area contributed by atoms with Crippen molar-refractivity contribution in [1.29, 1.82) is 0 Å². The molecule has 0 spiro atoms. The van der Waals surface area contributed by atoms with Crippen LogP contribution in [-0.2, 0) is 0 Å². The van der Waals surface area contributed by atoms with Gasteiger partial charge in [0.2, 0.25) is 0 Å². The van der Waals surface area contributed by atoms with Crippen molar-refractivity contribution < 1.29 is 0 Å². The molecule has 0 amide bonds. The van der Waals surface area contributed by atoms with Crippen molar-refractivity contribution in [2.45, 2.75) is 12.8 Å². The van der Waals surface area contributed by atoms with Gasteiger partial charge in [-0.15, -0.1) is 11.3 Å². The van der Waals surface area contributed by atoms with Gasteiger partial charge >= 0.3 is 0 Å². The smallest absolute Gasteiger partial charge is 0.0267 e. The second-order valence-electron chi connectivity index (χ2n) is 2.51. The van der Waals surface area contributed by atoms with Crippen LogP contribution in [0, 0.1) is 5.92 Å². The van der Waals surface area contributed by atoms with Crippen LogP contribution >= 0.6 is 11.3 Å². The first-order valence-electron chi connectivity index (χ1n) is 3.51. The van der Waals surface area contributed by atoms with Crippen LogP contribution in [0.2, 0.25) is 0 Å². The predicted octanol–water partition coefficient (Wildman–Crippen LogP) is 3.13. The lowest BCUT2D eigenvalue weighted by Crippen LogP contribution is -1.58. The molecule has 1 heterocycles. The van der Waals surface area contributed by atoms with Crippen molar-refractivity contribution >= 4 is 17.4 Å². The van der Waals surface area contributed by atoms with E-state index in [1.54, 1.807) is 17.3 Å². The zero-order valence-corrected chi connectivity index (χ0v) is 6.53. The molecule has 1 aliphatic rings. The third-order valence-electron chi connectivity index (χ3n) is 1.57. The Bertz CT molecular complexity index is 217. The lowest BCUT2D eigenvalue weighted by atomic mass is 10.3.